The van der Waals surface area contributed by atoms with Gasteiger partial charge in [-0.1, -0.05) is 0 Å². The van der Waals surface area contributed by atoms with Crippen molar-refractivity contribution in [1.82, 2.24) is 24.4 Å². The molecule has 1 unspecified atom stereocenters. The Bertz CT molecular complexity index is 1180. The van der Waals surface area contributed by atoms with Gasteiger partial charge in [0.1, 0.15) is 12.1 Å². The first kappa shape index (κ1) is 19.2. The van der Waals surface area contributed by atoms with E-state index in [1.807, 2.05) is 4.90 Å². The second-order valence-corrected chi connectivity index (χ2v) is 7.81. The molecule has 0 aliphatic carbocycles. The summed E-state index contributed by atoms with van der Waals surface area (Å²) in [5.74, 6) is 1.35. The highest BCUT2D eigenvalue weighted by atomic mass is 16.5. The van der Waals surface area contributed by atoms with Crippen LogP contribution in [0.5, 0.6) is 5.75 Å². The third-order valence-electron chi connectivity index (χ3n) is 6.05. The Hall–Kier alpha value is -3.75. The Morgan fingerprint density at radius 2 is 1.90 bits per heavy atom. The van der Waals surface area contributed by atoms with E-state index in [1.165, 1.54) is 12.4 Å². The molecule has 9 nitrogen and oxygen atoms in total. The van der Waals surface area contributed by atoms with Crippen LogP contribution in [0.4, 0.5) is 5.95 Å². The van der Waals surface area contributed by atoms with Crippen LogP contribution in [0.15, 0.2) is 53.7 Å². The Balaban J connectivity index is 1.39. The van der Waals surface area contributed by atoms with Crippen molar-refractivity contribution in [1.29, 1.82) is 0 Å². The van der Waals surface area contributed by atoms with Crippen LogP contribution >= 0.6 is 0 Å². The van der Waals surface area contributed by atoms with Gasteiger partial charge in [-0.25, -0.2) is 15.0 Å². The molecule has 0 radical (unpaired) electrons. The van der Waals surface area contributed by atoms with Gasteiger partial charge < -0.3 is 14.5 Å². The van der Waals surface area contributed by atoms with E-state index in [1.54, 1.807) is 55.3 Å². The molecule has 3 aromatic rings. The molecule has 4 heterocycles. The maximum Gasteiger partial charge on any atom is 0.255 e. The zero-order valence-corrected chi connectivity index (χ0v) is 17.3. The first-order chi connectivity index (χ1) is 15.0. The number of carbonyl (C=O) groups excluding carboxylic acids is 1. The van der Waals surface area contributed by atoms with E-state index in [2.05, 4.69) is 14.9 Å². The van der Waals surface area contributed by atoms with Gasteiger partial charge in [-0.2, -0.15) is 0 Å². The standard InChI is InChI=1S/C22H22N6O3/c1-26-20(29)10-19(18-7-8-23-13-24-18)25-22(26)28-12-15-9-16(28)11-27(15)21(30)14-3-5-17(31-2)6-4-14/h3-8,10,13,15-16H,9,11-12H2,1-2H3/t15?,16-/m1/s1. The van der Waals surface area contributed by atoms with Crippen molar-refractivity contribution in [3.05, 3.63) is 64.8 Å². The van der Waals surface area contributed by atoms with Crippen LogP contribution in [-0.2, 0) is 7.05 Å². The van der Waals surface area contributed by atoms with Crippen LogP contribution in [0.2, 0.25) is 0 Å². The number of amides is 1. The molecule has 9 heteroatoms. The Labute approximate surface area is 178 Å². The number of methoxy groups -OCH3 is 1. The van der Waals surface area contributed by atoms with Gasteiger partial charge in [-0.05, 0) is 36.8 Å². The molecule has 2 fully saturated rings. The largest absolute Gasteiger partial charge is 0.497 e. The van der Waals surface area contributed by atoms with Crippen LogP contribution in [0.1, 0.15) is 16.8 Å². The summed E-state index contributed by atoms with van der Waals surface area (Å²) in [7, 11) is 3.33. The molecule has 2 aliphatic rings. The molecule has 2 saturated heterocycles. The van der Waals surface area contributed by atoms with Gasteiger partial charge in [0.05, 0.1) is 30.6 Å². The number of hydrogen-bond donors (Lipinski definition) is 0. The maximum atomic E-state index is 13.0. The lowest BCUT2D eigenvalue weighted by Gasteiger charge is -2.35. The summed E-state index contributed by atoms with van der Waals surface area (Å²) >= 11 is 0. The summed E-state index contributed by atoms with van der Waals surface area (Å²) in [5.41, 5.74) is 1.63. The molecule has 1 amide bonds. The molecule has 2 atom stereocenters. The van der Waals surface area contributed by atoms with Gasteiger partial charge in [0, 0.05) is 38.0 Å². The highest BCUT2D eigenvalue weighted by Crippen LogP contribution is 2.34. The normalized spacial score (nSPS) is 19.7. The molecule has 31 heavy (non-hydrogen) atoms. The minimum atomic E-state index is -0.146. The second-order valence-electron chi connectivity index (χ2n) is 7.81. The summed E-state index contributed by atoms with van der Waals surface area (Å²) in [6.07, 6.45) is 3.92. The van der Waals surface area contributed by atoms with Crippen LogP contribution in [0.3, 0.4) is 0 Å². The number of benzene rings is 1. The van der Waals surface area contributed by atoms with E-state index < -0.39 is 0 Å². The number of fused-ring (bicyclic) bond motifs is 2. The number of hydrogen-bond acceptors (Lipinski definition) is 7. The SMILES string of the molecule is COc1ccc(C(=O)N2C[C@H]3CC2CN3c2nc(-c3ccncn3)cc(=O)n2C)cc1. The quantitative estimate of drug-likeness (QED) is 0.631. The van der Waals surface area contributed by atoms with Crippen molar-refractivity contribution in [2.24, 2.45) is 7.05 Å². The van der Waals surface area contributed by atoms with E-state index in [0.717, 1.165) is 12.2 Å². The monoisotopic (exact) mass is 418 g/mol. The molecule has 158 valence electrons. The van der Waals surface area contributed by atoms with Crippen molar-refractivity contribution in [3.63, 3.8) is 0 Å². The van der Waals surface area contributed by atoms with Crippen molar-refractivity contribution in [3.8, 4) is 17.1 Å². The van der Waals surface area contributed by atoms with Gasteiger partial charge in [-0.3, -0.25) is 14.2 Å². The van der Waals surface area contributed by atoms with Crippen LogP contribution in [0.25, 0.3) is 11.4 Å². The summed E-state index contributed by atoms with van der Waals surface area (Å²) in [4.78, 5) is 42.5. The number of ether oxygens (including phenoxy) is 1. The van der Waals surface area contributed by atoms with Crippen LogP contribution < -0.4 is 15.2 Å². The minimum absolute atomic E-state index is 0.0198. The lowest BCUT2D eigenvalue weighted by atomic mass is 10.1. The number of anilines is 1. The lowest BCUT2D eigenvalue weighted by Crippen LogP contribution is -2.50. The van der Waals surface area contributed by atoms with Crippen molar-refractivity contribution in [2.45, 2.75) is 18.5 Å². The average molecular weight is 418 g/mol. The van der Waals surface area contributed by atoms with E-state index in [0.29, 0.717) is 36.0 Å². The van der Waals surface area contributed by atoms with Gasteiger partial charge in [0.25, 0.3) is 11.5 Å². The molecule has 2 aromatic heterocycles. The Morgan fingerprint density at radius 1 is 1.10 bits per heavy atom. The van der Waals surface area contributed by atoms with Crippen LogP contribution in [0, 0.1) is 0 Å². The second kappa shape index (κ2) is 7.50. The third kappa shape index (κ3) is 3.31. The first-order valence-electron chi connectivity index (χ1n) is 10.1. The summed E-state index contributed by atoms with van der Waals surface area (Å²) in [6, 6.07) is 10.6. The smallest absolute Gasteiger partial charge is 0.255 e. The van der Waals surface area contributed by atoms with E-state index in [9.17, 15) is 9.59 Å². The minimum Gasteiger partial charge on any atom is -0.497 e. The fraction of sp³-hybridized carbons (Fsp3) is 0.318. The molecule has 2 aliphatic heterocycles. The number of rotatable bonds is 4. The van der Waals surface area contributed by atoms with Crippen molar-refractivity contribution < 1.29 is 9.53 Å². The zero-order chi connectivity index (χ0) is 21.5. The molecule has 0 N–H and O–H groups in total. The van der Waals surface area contributed by atoms with E-state index >= 15 is 0 Å². The van der Waals surface area contributed by atoms with Gasteiger partial charge in [-0.15, -0.1) is 0 Å². The molecular formula is C22H22N6O3. The topological polar surface area (TPSA) is 93.5 Å². The Kier molecular flexibility index (Phi) is 4.65. The average Bonchev–Trinajstić information content (AvgIpc) is 3.42. The predicted molar refractivity (Wildman–Crippen MR) is 114 cm³/mol. The highest BCUT2D eigenvalue weighted by molar-refractivity contribution is 5.95. The molecule has 5 rings (SSSR count). The zero-order valence-electron chi connectivity index (χ0n) is 17.3. The van der Waals surface area contributed by atoms with E-state index in [4.69, 9.17) is 9.72 Å². The number of aromatic nitrogens is 4. The number of nitrogens with zero attached hydrogens (tertiary/aromatic N) is 6. The van der Waals surface area contributed by atoms with Crippen LogP contribution in [-0.4, -0.2) is 62.6 Å². The maximum absolute atomic E-state index is 13.0. The van der Waals surface area contributed by atoms with Gasteiger partial charge >= 0.3 is 0 Å². The molecule has 2 bridgehead atoms. The van der Waals surface area contributed by atoms with E-state index in [-0.39, 0.29) is 23.6 Å². The van der Waals surface area contributed by atoms with Gasteiger partial charge in [0.2, 0.25) is 5.95 Å². The number of likely N-dealkylation sites (tertiary alicyclic amines) is 1. The molecule has 0 saturated carbocycles. The summed E-state index contributed by atoms with van der Waals surface area (Å²) in [6.45, 7) is 1.24. The highest BCUT2D eigenvalue weighted by Gasteiger charge is 2.46. The number of piperazine rings is 1. The third-order valence-corrected chi connectivity index (χ3v) is 6.05. The number of carbonyl (C=O) groups is 1. The lowest BCUT2D eigenvalue weighted by molar-refractivity contribution is 0.0725. The predicted octanol–water partition coefficient (Wildman–Crippen LogP) is 1.35. The summed E-state index contributed by atoms with van der Waals surface area (Å²) < 4.78 is 6.73. The Morgan fingerprint density at radius 3 is 2.55 bits per heavy atom. The summed E-state index contributed by atoms with van der Waals surface area (Å²) in [5, 5.41) is 0. The molecule has 0 spiro atoms. The fourth-order valence-electron chi connectivity index (χ4n) is 4.42. The van der Waals surface area contributed by atoms with Crippen molar-refractivity contribution in [2.75, 3.05) is 25.1 Å². The first-order valence-corrected chi connectivity index (χ1v) is 10.1. The van der Waals surface area contributed by atoms with Crippen molar-refractivity contribution >= 4 is 11.9 Å². The molecular weight excluding hydrogens is 396 g/mol. The van der Waals surface area contributed by atoms with Gasteiger partial charge in [0.15, 0.2) is 0 Å². The molecule has 1 aromatic carbocycles. The fourth-order valence-corrected chi connectivity index (χ4v) is 4.42.